The number of carbonyl (C=O) groups excluding carboxylic acids is 1. The summed E-state index contributed by atoms with van der Waals surface area (Å²) in [6, 6.07) is 5.41. The lowest BCUT2D eigenvalue weighted by atomic mass is 10.0. The van der Waals surface area contributed by atoms with Crippen molar-refractivity contribution in [3.63, 3.8) is 0 Å². The van der Waals surface area contributed by atoms with Crippen LogP contribution in [0, 0.1) is 6.92 Å². The van der Waals surface area contributed by atoms with E-state index in [1.54, 1.807) is 12.1 Å². The van der Waals surface area contributed by atoms with Gasteiger partial charge in [-0.2, -0.15) is 0 Å². The van der Waals surface area contributed by atoms with Crippen molar-refractivity contribution < 1.29 is 9.00 Å². The minimum Gasteiger partial charge on any atom is -0.398 e. The van der Waals surface area contributed by atoms with Crippen LogP contribution in [-0.2, 0) is 15.6 Å². The number of carbonyl (C=O) groups is 1. The molecule has 20 heavy (non-hydrogen) atoms. The second-order valence-corrected chi connectivity index (χ2v) is 7.07. The number of anilines is 2. The molecule has 3 N–H and O–H groups in total. The maximum absolute atomic E-state index is 12.2. The first-order valence-corrected chi connectivity index (χ1v) is 8.48. The van der Waals surface area contributed by atoms with E-state index < -0.39 is 10.8 Å². The van der Waals surface area contributed by atoms with Crippen LogP contribution in [0.25, 0.3) is 0 Å². The Morgan fingerprint density at radius 3 is 2.75 bits per heavy atom. The summed E-state index contributed by atoms with van der Waals surface area (Å²) in [5.41, 5.74) is 8.01. The molecule has 0 heterocycles. The first-order valence-electron chi connectivity index (χ1n) is 7.10. The molecule has 110 valence electrons. The molecule has 5 heteroatoms. The average molecular weight is 294 g/mol. The van der Waals surface area contributed by atoms with E-state index >= 15 is 0 Å². The predicted octanol–water partition coefficient (Wildman–Crippen LogP) is 2.60. The van der Waals surface area contributed by atoms with E-state index in [2.05, 4.69) is 5.32 Å². The lowest BCUT2D eigenvalue weighted by Crippen LogP contribution is -2.27. The molecule has 1 aliphatic carbocycles. The van der Waals surface area contributed by atoms with Gasteiger partial charge in [0.2, 0.25) is 5.91 Å². The molecule has 0 saturated heterocycles. The molecule has 1 saturated carbocycles. The van der Waals surface area contributed by atoms with Gasteiger partial charge in [-0.15, -0.1) is 0 Å². The van der Waals surface area contributed by atoms with Crippen molar-refractivity contribution in [2.75, 3.05) is 16.8 Å². The summed E-state index contributed by atoms with van der Waals surface area (Å²) in [5.74, 6) is -0.110. The molecule has 1 aromatic carbocycles. The van der Waals surface area contributed by atoms with Crippen molar-refractivity contribution in [1.82, 2.24) is 0 Å². The van der Waals surface area contributed by atoms with Crippen molar-refractivity contribution in [1.29, 1.82) is 0 Å². The van der Waals surface area contributed by atoms with Crippen molar-refractivity contribution in [2.45, 2.75) is 44.3 Å². The summed E-state index contributed by atoms with van der Waals surface area (Å²) in [6.07, 6.45) is 5.45. The minimum atomic E-state index is -1.07. The Morgan fingerprint density at radius 1 is 1.35 bits per heavy atom. The van der Waals surface area contributed by atoms with Gasteiger partial charge in [0.1, 0.15) is 5.75 Å². The number of rotatable bonds is 4. The van der Waals surface area contributed by atoms with E-state index in [1.807, 2.05) is 13.0 Å². The van der Waals surface area contributed by atoms with Crippen LogP contribution in [0.3, 0.4) is 0 Å². The quantitative estimate of drug-likeness (QED) is 0.838. The van der Waals surface area contributed by atoms with Crippen LogP contribution in [-0.4, -0.2) is 21.1 Å². The average Bonchev–Trinajstić information content (AvgIpc) is 2.45. The number of hydrogen-bond acceptors (Lipinski definition) is 3. The van der Waals surface area contributed by atoms with Gasteiger partial charge < -0.3 is 11.1 Å². The third-order valence-electron chi connectivity index (χ3n) is 3.85. The number of nitrogens with one attached hydrogen (secondary N) is 1. The molecule has 0 aromatic heterocycles. The third kappa shape index (κ3) is 3.82. The molecule has 1 aromatic rings. The lowest BCUT2D eigenvalue weighted by molar-refractivity contribution is -0.113. The Bertz CT molecular complexity index is 511. The third-order valence-corrected chi connectivity index (χ3v) is 5.61. The highest BCUT2D eigenvalue weighted by Gasteiger charge is 2.22. The van der Waals surface area contributed by atoms with Crippen LogP contribution in [0.5, 0.6) is 0 Å². The Balaban J connectivity index is 1.91. The molecular formula is C15H22N2O2S. The fourth-order valence-electron chi connectivity index (χ4n) is 2.55. The zero-order valence-corrected chi connectivity index (χ0v) is 12.7. The maximum Gasteiger partial charge on any atom is 0.237 e. The van der Waals surface area contributed by atoms with E-state index in [0.717, 1.165) is 31.2 Å². The minimum absolute atomic E-state index is 0.0822. The molecule has 1 unspecified atom stereocenters. The molecule has 0 aliphatic heterocycles. The molecule has 2 rings (SSSR count). The van der Waals surface area contributed by atoms with Crippen molar-refractivity contribution in [2.24, 2.45) is 0 Å². The second kappa shape index (κ2) is 6.88. The predicted molar refractivity (Wildman–Crippen MR) is 84.1 cm³/mol. The summed E-state index contributed by atoms with van der Waals surface area (Å²) < 4.78 is 12.2. The van der Waals surface area contributed by atoms with Gasteiger partial charge in [0, 0.05) is 27.4 Å². The van der Waals surface area contributed by atoms with Crippen LogP contribution < -0.4 is 11.1 Å². The summed E-state index contributed by atoms with van der Waals surface area (Å²) in [5, 5.41) is 3.00. The van der Waals surface area contributed by atoms with Crippen LogP contribution in [0.2, 0.25) is 0 Å². The fraction of sp³-hybridized carbons (Fsp3) is 0.533. The molecular weight excluding hydrogens is 272 g/mol. The molecule has 1 atom stereocenters. The van der Waals surface area contributed by atoms with Gasteiger partial charge in [0.05, 0.1) is 0 Å². The summed E-state index contributed by atoms with van der Waals surface area (Å²) in [6.45, 7) is 1.86. The Hall–Kier alpha value is -1.36. The molecule has 0 radical (unpaired) electrons. The molecule has 0 bridgehead atoms. The standard InChI is InChI=1S/C15H22N2O2S/c1-11-13(16)8-5-9-14(11)17-15(18)10-20(19)12-6-3-2-4-7-12/h5,8-9,12H,2-4,6-7,10,16H2,1H3,(H,17,18). The van der Waals surface area contributed by atoms with Crippen molar-refractivity contribution in [3.05, 3.63) is 23.8 Å². The van der Waals surface area contributed by atoms with E-state index in [0.29, 0.717) is 11.4 Å². The maximum atomic E-state index is 12.2. The van der Waals surface area contributed by atoms with Gasteiger partial charge in [-0.05, 0) is 37.5 Å². The highest BCUT2D eigenvalue weighted by Crippen LogP contribution is 2.23. The van der Waals surface area contributed by atoms with Gasteiger partial charge in [0.25, 0.3) is 0 Å². The zero-order chi connectivity index (χ0) is 14.5. The topological polar surface area (TPSA) is 72.2 Å². The van der Waals surface area contributed by atoms with Crippen LogP contribution >= 0.6 is 0 Å². The summed E-state index contributed by atoms with van der Waals surface area (Å²) >= 11 is 0. The fourth-order valence-corrected chi connectivity index (χ4v) is 3.98. The highest BCUT2D eigenvalue weighted by molar-refractivity contribution is 7.86. The second-order valence-electron chi connectivity index (χ2n) is 5.35. The smallest absolute Gasteiger partial charge is 0.237 e. The van der Waals surface area contributed by atoms with Crippen molar-refractivity contribution in [3.8, 4) is 0 Å². The number of hydrogen-bond donors (Lipinski definition) is 2. The SMILES string of the molecule is Cc1c(N)cccc1NC(=O)CS(=O)C1CCCCC1. The van der Waals surface area contributed by atoms with Crippen LogP contribution in [0.1, 0.15) is 37.7 Å². The molecule has 0 spiro atoms. The van der Waals surface area contributed by atoms with E-state index in [1.165, 1.54) is 6.42 Å². The van der Waals surface area contributed by atoms with Gasteiger partial charge in [-0.25, -0.2) is 0 Å². The van der Waals surface area contributed by atoms with E-state index in [-0.39, 0.29) is 16.9 Å². The van der Waals surface area contributed by atoms with Crippen LogP contribution in [0.15, 0.2) is 18.2 Å². The first-order chi connectivity index (χ1) is 9.58. The molecule has 1 aliphatic rings. The van der Waals surface area contributed by atoms with Gasteiger partial charge in [0.15, 0.2) is 0 Å². The van der Waals surface area contributed by atoms with Gasteiger partial charge in [-0.3, -0.25) is 9.00 Å². The van der Waals surface area contributed by atoms with Crippen LogP contribution in [0.4, 0.5) is 11.4 Å². The number of benzene rings is 1. The molecule has 1 fully saturated rings. The highest BCUT2D eigenvalue weighted by atomic mass is 32.2. The van der Waals surface area contributed by atoms with E-state index in [9.17, 15) is 9.00 Å². The first kappa shape index (κ1) is 15.0. The number of nitrogens with two attached hydrogens (primary N) is 1. The van der Waals surface area contributed by atoms with Crippen molar-refractivity contribution >= 4 is 28.1 Å². The monoisotopic (exact) mass is 294 g/mol. The number of amides is 1. The van der Waals surface area contributed by atoms with Gasteiger partial charge in [-0.1, -0.05) is 25.3 Å². The van der Waals surface area contributed by atoms with E-state index in [4.69, 9.17) is 5.73 Å². The Kier molecular flexibility index (Phi) is 5.17. The lowest BCUT2D eigenvalue weighted by Gasteiger charge is -2.20. The normalized spacial score (nSPS) is 17.6. The van der Waals surface area contributed by atoms with Gasteiger partial charge >= 0.3 is 0 Å². The number of nitrogen functional groups attached to an aromatic ring is 1. The largest absolute Gasteiger partial charge is 0.398 e. The zero-order valence-electron chi connectivity index (χ0n) is 11.9. The summed E-state index contributed by atoms with van der Waals surface area (Å²) in [4.78, 5) is 12.0. The molecule has 1 amide bonds. The molecule has 4 nitrogen and oxygen atoms in total. The Labute approximate surface area is 122 Å². The Morgan fingerprint density at radius 2 is 2.05 bits per heavy atom. The summed E-state index contributed by atoms with van der Waals surface area (Å²) in [7, 11) is -1.07.